The highest BCUT2D eigenvalue weighted by atomic mass is 32.2. The minimum absolute atomic E-state index is 0.0448. The third-order valence-corrected chi connectivity index (χ3v) is 6.04. The fraction of sp³-hybridized carbons (Fsp3) is 0.316. The van der Waals surface area contributed by atoms with Gasteiger partial charge < -0.3 is 10.1 Å². The largest absolute Gasteiger partial charge is 0.457 e. The second-order valence-electron chi connectivity index (χ2n) is 6.29. The zero-order valence-electron chi connectivity index (χ0n) is 14.1. The van der Waals surface area contributed by atoms with E-state index in [9.17, 15) is 13.2 Å². The second-order valence-corrected chi connectivity index (χ2v) is 8.33. The van der Waals surface area contributed by atoms with E-state index < -0.39 is 9.84 Å². The molecule has 1 amide bonds. The van der Waals surface area contributed by atoms with E-state index in [1.54, 1.807) is 43.4 Å². The maximum Gasteiger partial charge on any atom is 0.224 e. The fourth-order valence-electron chi connectivity index (χ4n) is 2.49. The van der Waals surface area contributed by atoms with Gasteiger partial charge >= 0.3 is 0 Å². The molecule has 1 fully saturated rings. The smallest absolute Gasteiger partial charge is 0.224 e. The number of nitrogens with one attached hydrogen (secondary N) is 1. The molecular weight excluding hydrogens is 338 g/mol. The number of hydrogen-bond acceptors (Lipinski definition) is 4. The van der Waals surface area contributed by atoms with E-state index in [1.165, 1.54) is 0 Å². The quantitative estimate of drug-likeness (QED) is 0.825. The molecule has 0 spiro atoms. The van der Waals surface area contributed by atoms with Gasteiger partial charge in [0.15, 0.2) is 9.84 Å². The first-order chi connectivity index (χ1) is 12.0. The highest BCUT2D eigenvalue weighted by molar-refractivity contribution is 7.91. The SMILES string of the molecule is CNC(=O)Cc1ccc(Oc2ccc(S(=O)(=O)CC3CC3)cc2)cc1. The summed E-state index contributed by atoms with van der Waals surface area (Å²) in [5.41, 5.74) is 0.896. The molecule has 0 bridgehead atoms. The Balaban J connectivity index is 1.64. The van der Waals surface area contributed by atoms with Crippen LogP contribution in [0, 0.1) is 5.92 Å². The van der Waals surface area contributed by atoms with Crippen LogP contribution < -0.4 is 10.1 Å². The molecule has 0 atom stereocenters. The summed E-state index contributed by atoms with van der Waals surface area (Å²) in [4.78, 5) is 11.7. The molecule has 6 heteroatoms. The summed E-state index contributed by atoms with van der Waals surface area (Å²) in [5, 5.41) is 2.58. The number of rotatable bonds is 7. The van der Waals surface area contributed by atoms with Crippen LogP contribution in [0.4, 0.5) is 0 Å². The Morgan fingerprint density at radius 2 is 1.60 bits per heavy atom. The van der Waals surface area contributed by atoms with Gasteiger partial charge in [-0.15, -0.1) is 0 Å². The Kier molecular flexibility index (Phi) is 5.08. The van der Waals surface area contributed by atoms with E-state index >= 15 is 0 Å². The Hall–Kier alpha value is -2.34. The minimum atomic E-state index is -3.20. The van der Waals surface area contributed by atoms with Crippen LogP contribution in [0.2, 0.25) is 0 Å². The van der Waals surface area contributed by atoms with Crippen LogP contribution in [-0.2, 0) is 21.1 Å². The number of likely N-dealkylation sites (N-methyl/N-ethyl adjacent to an activating group) is 1. The van der Waals surface area contributed by atoms with E-state index in [2.05, 4.69) is 5.32 Å². The summed E-state index contributed by atoms with van der Waals surface area (Å²) in [6, 6.07) is 13.8. The molecule has 0 heterocycles. The molecule has 1 aliphatic rings. The Morgan fingerprint density at radius 3 is 2.12 bits per heavy atom. The van der Waals surface area contributed by atoms with Crippen LogP contribution in [0.3, 0.4) is 0 Å². The molecule has 1 aliphatic carbocycles. The second kappa shape index (κ2) is 7.27. The van der Waals surface area contributed by atoms with Gasteiger partial charge in [-0.3, -0.25) is 4.79 Å². The zero-order chi connectivity index (χ0) is 17.9. The summed E-state index contributed by atoms with van der Waals surface area (Å²) in [7, 11) is -1.59. The fourth-order valence-corrected chi connectivity index (χ4v) is 4.19. The first kappa shape index (κ1) is 17.5. The number of carbonyl (C=O) groups excluding carboxylic acids is 1. The maximum absolute atomic E-state index is 12.2. The van der Waals surface area contributed by atoms with Crippen LogP contribution in [0.15, 0.2) is 53.4 Å². The number of benzene rings is 2. The van der Waals surface area contributed by atoms with Crippen molar-refractivity contribution in [3.63, 3.8) is 0 Å². The molecule has 0 saturated heterocycles. The molecule has 3 rings (SSSR count). The molecule has 0 unspecified atom stereocenters. The highest BCUT2D eigenvalue weighted by Crippen LogP contribution is 2.32. The van der Waals surface area contributed by atoms with E-state index in [-0.39, 0.29) is 11.7 Å². The van der Waals surface area contributed by atoms with Crippen molar-refractivity contribution in [2.24, 2.45) is 5.92 Å². The van der Waals surface area contributed by atoms with Gasteiger partial charge in [-0.1, -0.05) is 12.1 Å². The van der Waals surface area contributed by atoms with Crippen molar-refractivity contribution in [2.75, 3.05) is 12.8 Å². The van der Waals surface area contributed by atoms with Crippen molar-refractivity contribution in [3.8, 4) is 11.5 Å². The van der Waals surface area contributed by atoms with Crippen molar-refractivity contribution in [3.05, 3.63) is 54.1 Å². The number of hydrogen-bond donors (Lipinski definition) is 1. The van der Waals surface area contributed by atoms with E-state index in [4.69, 9.17) is 4.74 Å². The standard InChI is InChI=1S/C19H21NO4S/c1-20-19(21)12-14-4-6-16(7-5-14)24-17-8-10-18(11-9-17)25(22,23)13-15-2-3-15/h4-11,15H,2-3,12-13H2,1H3,(H,20,21). The number of sulfone groups is 1. The minimum Gasteiger partial charge on any atom is -0.457 e. The monoisotopic (exact) mass is 359 g/mol. The normalized spacial score (nSPS) is 14.1. The van der Waals surface area contributed by atoms with Gasteiger partial charge in [-0.05, 0) is 60.7 Å². The van der Waals surface area contributed by atoms with Crippen LogP contribution in [-0.4, -0.2) is 27.1 Å². The zero-order valence-corrected chi connectivity index (χ0v) is 14.9. The van der Waals surface area contributed by atoms with E-state index in [0.717, 1.165) is 18.4 Å². The molecule has 5 nitrogen and oxygen atoms in total. The average Bonchev–Trinajstić information content (AvgIpc) is 3.40. The molecular formula is C19H21NO4S. The third kappa shape index (κ3) is 4.82. The third-order valence-electron chi connectivity index (χ3n) is 4.14. The van der Waals surface area contributed by atoms with E-state index in [1.807, 2.05) is 12.1 Å². The topological polar surface area (TPSA) is 72.5 Å². The Labute approximate surface area is 147 Å². The number of amides is 1. The van der Waals surface area contributed by atoms with Crippen LogP contribution in [0.1, 0.15) is 18.4 Å². The summed E-state index contributed by atoms with van der Waals surface area (Å²) < 4.78 is 30.2. The van der Waals surface area contributed by atoms with Gasteiger partial charge in [-0.2, -0.15) is 0 Å². The summed E-state index contributed by atoms with van der Waals surface area (Å²) >= 11 is 0. The molecule has 132 valence electrons. The maximum atomic E-state index is 12.2. The predicted molar refractivity (Wildman–Crippen MR) is 95.5 cm³/mol. The van der Waals surface area contributed by atoms with Gasteiger partial charge in [0, 0.05) is 7.05 Å². The van der Waals surface area contributed by atoms with Crippen molar-refractivity contribution in [2.45, 2.75) is 24.2 Å². The van der Waals surface area contributed by atoms with Crippen molar-refractivity contribution in [1.29, 1.82) is 0 Å². The van der Waals surface area contributed by atoms with Crippen molar-refractivity contribution < 1.29 is 17.9 Å². The molecule has 2 aromatic rings. The van der Waals surface area contributed by atoms with Gasteiger partial charge in [0.1, 0.15) is 11.5 Å². The van der Waals surface area contributed by atoms with Crippen LogP contribution in [0.5, 0.6) is 11.5 Å². The summed E-state index contributed by atoms with van der Waals surface area (Å²) in [6.45, 7) is 0. The number of ether oxygens (including phenoxy) is 1. The lowest BCUT2D eigenvalue weighted by atomic mass is 10.1. The first-order valence-corrected chi connectivity index (χ1v) is 9.92. The Morgan fingerprint density at radius 1 is 1.04 bits per heavy atom. The summed E-state index contributed by atoms with van der Waals surface area (Å²) in [5.74, 6) is 1.73. The molecule has 25 heavy (non-hydrogen) atoms. The summed E-state index contributed by atoms with van der Waals surface area (Å²) in [6.07, 6.45) is 2.34. The molecule has 1 N–H and O–H groups in total. The lowest BCUT2D eigenvalue weighted by Crippen LogP contribution is -2.19. The number of carbonyl (C=O) groups is 1. The van der Waals surface area contributed by atoms with E-state index in [0.29, 0.717) is 28.7 Å². The van der Waals surface area contributed by atoms with Crippen LogP contribution in [0.25, 0.3) is 0 Å². The molecule has 0 aliphatic heterocycles. The van der Waals surface area contributed by atoms with Gasteiger partial charge in [0.2, 0.25) is 5.91 Å². The lowest BCUT2D eigenvalue weighted by molar-refractivity contribution is -0.119. The lowest BCUT2D eigenvalue weighted by Gasteiger charge is -2.08. The highest BCUT2D eigenvalue weighted by Gasteiger charge is 2.28. The average molecular weight is 359 g/mol. The molecule has 1 saturated carbocycles. The predicted octanol–water partition coefficient (Wildman–Crippen LogP) is 2.95. The van der Waals surface area contributed by atoms with Crippen LogP contribution >= 0.6 is 0 Å². The molecule has 0 radical (unpaired) electrons. The van der Waals surface area contributed by atoms with Crippen molar-refractivity contribution >= 4 is 15.7 Å². The molecule has 2 aromatic carbocycles. The van der Waals surface area contributed by atoms with Gasteiger partial charge in [0.25, 0.3) is 0 Å². The van der Waals surface area contributed by atoms with Gasteiger partial charge in [0.05, 0.1) is 17.1 Å². The van der Waals surface area contributed by atoms with Gasteiger partial charge in [-0.25, -0.2) is 8.42 Å². The molecule has 0 aromatic heterocycles. The first-order valence-electron chi connectivity index (χ1n) is 8.26. The van der Waals surface area contributed by atoms with Crippen molar-refractivity contribution in [1.82, 2.24) is 5.32 Å². The Bertz CT molecular complexity index is 838.